The molecule has 8 N–H and O–H groups in total. The van der Waals surface area contributed by atoms with Gasteiger partial charge < -0.3 is 42.5 Å². The molecule has 5 fully saturated rings. The van der Waals surface area contributed by atoms with Gasteiger partial charge in [-0.1, -0.05) is 0 Å². The lowest BCUT2D eigenvalue weighted by atomic mass is 10.0. The molecule has 0 spiro atoms. The molecule has 39 heavy (non-hydrogen) atoms. The summed E-state index contributed by atoms with van der Waals surface area (Å²) in [6.45, 7) is 2.62. The molecule has 0 radical (unpaired) electrons. The molecule has 4 amide bonds. The molecule has 216 valence electrons. The zero-order valence-electron chi connectivity index (χ0n) is 22.3. The number of hydrogen-bond donors (Lipinski definition) is 6. The average Bonchev–Trinajstić information content (AvgIpc) is 3.35. The number of guanidine groups is 1. The molecule has 5 rings (SSSR count). The van der Waals surface area contributed by atoms with Gasteiger partial charge in [0.25, 0.3) is 0 Å². The predicted octanol–water partition coefficient (Wildman–Crippen LogP) is -1.59. The van der Waals surface area contributed by atoms with Crippen molar-refractivity contribution in [3.63, 3.8) is 0 Å². The van der Waals surface area contributed by atoms with Crippen LogP contribution in [0.5, 0.6) is 0 Å². The van der Waals surface area contributed by atoms with E-state index >= 15 is 0 Å². The van der Waals surface area contributed by atoms with E-state index in [1.165, 1.54) is 0 Å². The minimum Gasteiger partial charge on any atom is -0.376 e. The summed E-state index contributed by atoms with van der Waals surface area (Å²) in [5, 5.41) is 11.9. The number of aliphatic imine (C=N–C) groups is 1. The Bertz CT molecular complexity index is 989. The van der Waals surface area contributed by atoms with Gasteiger partial charge in [-0.2, -0.15) is 0 Å². The summed E-state index contributed by atoms with van der Waals surface area (Å²) < 4.78 is 0. The van der Waals surface area contributed by atoms with Crippen LogP contribution < -0.4 is 32.7 Å². The molecule has 0 aromatic heterocycles. The Balaban J connectivity index is 0.000000183. The van der Waals surface area contributed by atoms with Gasteiger partial charge in [0, 0.05) is 32.2 Å². The highest BCUT2D eigenvalue weighted by molar-refractivity contribution is 7.80. The molecule has 0 aromatic rings. The van der Waals surface area contributed by atoms with Crippen LogP contribution in [-0.4, -0.2) is 101 Å². The lowest BCUT2D eigenvalue weighted by molar-refractivity contribution is -0.147. The van der Waals surface area contributed by atoms with Crippen LogP contribution in [0.25, 0.3) is 0 Å². The van der Waals surface area contributed by atoms with E-state index in [1.807, 2.05) is 0 Å². The monoisotopic (exact) mass is 563 g/mol. The van der Waals surface area contributed by atoms with E-state index in [9.17, 15) is 19.2 Å². The maximum atomic E-state index is 12.3. The minimum atomic E-state index is -0.389. The van der Waals surface area contributed by atoms with Gasteiger partial charge in [0.15, 0.2) is 11.1 Å². The molecule has 4 heterocycles. The number of carbonyl (C=O) groups is 4. The van der Waals surface area contributed by atoms with Crippen molar-refractivity contribution in [3.05, 3.63) is 0 Å². The summed E-state index contributed by atoms with van der Waals surface area (Å²) in [6.07, 6.45) is 8.45. The van der Waals surface area contributed by atoms with Crippen molar-refractivity contribution < 1.29 is 19.2 Å². The molecule has 1 saturated carbocycles. The van der Waals surface area contributed by atoms with Crippen LogP contribution in [-0.2, 0) is 19.2 Å². The number of hydrogen-bond acceptors (Lipinski definition) is 6. The van der Waals surface area contributed by atoms with Crippen molar-refractivity contribution in [2.75, 3.05) is 26.2 Å². The van der Waals surface area contributed by atoms with Gasteiger partial charge in [-0.25, -0.2) is 0 Å². The Kier molecular flexibility index (Phi) is 9.81. The van der Waals surface area contributed by atoms with Gasteiger partial charge in [0.1, 0.15) is 24.2 Å². The Hall–Kier alpha value is -3.16. The van der Waals surface area contributed by atoms with Crippen molar-refractivity contribution in [3.8, 4) is 0 Å². The van der Waals surface area contributed by atoms with E-state index < -0.39 is 0 Å². The normalized spacial score (nSPS) is 28.2. The van der Waals surface area contributed by atoms with Crippen LogP contribution in [0.4, 0.5) is 0 Å². The summed E-state index contributed by atoms with van der Waals surface area (Å²) in [5.74, 6) is 0.573. The van der Waals surface area contributed by atoms with E-state index in [-0.39, 0.29) is 52.9 Å². The summed E-state index contributed by atoms with van der Waals surface area (Å²) in [5.41, 5.74) is 11.1. The van der Waals surface area contributed by atoms with Crippen LogP contribution in [0.2, 0.25) is 0 Å². The quantitative estimate of drug-likeness (QED) is 0.0832. The fourth-order valence-electron chi connectivity index (χ4n) is 5.55. The number of nitrogens with two attached hydrogens (primary N) is 2. The van der Waals surface area contributed by atoms with Crippen LogP contribution in [0.15, 0.2) is 4.99 Å². The first-order chi connectivity index (χ1) is 18.7. The van der Waals surface area contributed by atoms with Crippen molar-refractivity contribution in [2.45, 2.75) is 94.4 Å². The highest BCUT2D eigenvalue weighted by Gasteiger charge is 2.43. The average molecular weight is 564 g/mol. The lowest BCUT2D eigenvalue weighted by Crippen LogP contribution is -2.61. The van der Waals surface area contributed by atoms with Gasteiger partial charge in [-0.15, -0.1) is 0 Å². The standard InChI is InChI=1S/C14H23N5O2.C11H18N4O2S/c15-14(17-9-5-6-9)16-7-1-3-10-13(21)19-8-2-4-11(19)12(20)18-10;12-11(18)13-5-1-3-7-10(17)15-6-2-4-8(15)9(16)14-7/h9-11H,1-8H2,(H,18,20)(H3,15,16,17);7-8H,1-6H2,(H,14,16)(H3,12,13,18)/t10-,11-;7-,8-/m00/s1. The number of carbonyl (C=O) groups excluding carboxylic acids is 4. The fourth-order valence-corrected chi connectivity index (χ4v) is 5.65. The molecule has 14 heteroatoms. The molecule has 0 bridgehead atoms. The lowest BCUT2D eigenvalue weighted by Gasteiger charge is -2.34. The molecule has 13 nitrogen and oxygen atoms in total. The topological polar surface area (TPSA) is 187 Å². The molecule has 1 aliphatic carbocycles. The van der Waals surface area contributed by atoms with Gasteiger partial charge >= 0.3 is 0 Å². The summed E-state index contributed by atoms with van der Waals surface area (Å²) in [7, 11) is 0. The van der Waals surface area contributed by atoms with Gasteiger partial charge in [-0.05, 0) is 76.4 Å². The number of piperazine rings is 2. The number of rotatable bonds is 9. The molecule has 5 aliphatic rings. The molecule has 4 aliphatic heterocycles. The molecular formula is C25H41N9O4S. The number of fused-ring (bicyclic) bond motifs is 2. The van der Waals surface area contributed by atoms with E-state index in [0.717, 1.165) is 51.4 Å². The summed E-state index contributed by atoms with van der Waals surface area (Å²) >= 11 is 4.69. The first kappa shape index (κ1) is 28.8. The zero-order chi connectivity index (χ0) is 27.9. The third-order valence-electron chi connectivity index (χ3n) is 7.74. The first-order valence-corrected chi connectivity index (χ1v) is 14.5. The number of nitrogens with one attached hydrogen (secondary N) is 4. The number of nitrogens with zero attached hydrogens (tertiary/aromatic N) is 3. The van der Waals surface area contributed by atoms with Gasteiger partial charge in [0.2, 0.25) is 23.6 Å². The van der Waals surface area contributed by atoms with Crippen molar-refractivity contribution in [1.29, 1.82) is 0 Å². The third kappa shape index (κ3) is 7.70. The Morgan fingerprint density at radius 3 is 1.92 bits per heavy atom. The van der Waals surface area contributed by atoms with Crippen LogP contribution in [0.3, 0.4) is 0 Å². The molecule has 0 unspecified atom stereocenters. The minimum absolute atomic E-state index is 0.00415. The highest BCUT2D eigenvalue weighted by Crippen LogP contribution is 2.24. The van der Waals surface area contributed by atoms with E-state index in [1.54, 1.807) is 9.80 Å². The van der Waals surface area contributed by atoms with Crippen LogP contribution >= 0.6 is 12.2 Å². The van der Waals surface area contributed by atoms with Crippen molar-refractivity contribution in [2.24, 2.45) is 16.5 Å². The summed E-state index contributed by atoms with van der Waals surface area (Å²) in [4.78, 5) is 55.8. The Morgan fingerprint density at radius 1 is 0.872 bits per heavy atom. The van der Waals surface area contributed by atoms with Crippen molar-refractivity contribution >= 4 is 46.9 Å². The van der Waals surface area contributed by atoms with Crippen LogP contribution in [0, 0.1) is 0 Å². The SMILES string of the molecule is NC(=NCCC[C@@H]1NC(=O)[C@@H]2CCCN2C1=O)NC1CC1.NC(=S)NCCC[C@@H]1NC(=O)[C@@H]2CCCN2C1=O. The number of amides is 4. The smallest absolute Gasteiger partial charge is 0.245 e. The number of thiocarbonyl (C=S) groups is 1. The third-order valence-corrected chi connectivity index (χ3v) is 7.88. The van der Waals surface area contributed by atoms with E-state index in [2.05, 4.69) is 26.3 Å². The van der Waals surface area contributed by atoms with Gasteiger partial charge in [-0.3, -0.25) is 24.2 Å². The highest BCUT2D eigenvalue weighted by atomic mass is 32.1. The second-order valence-electron chi connectivity index (χ2n) is 10.8. The fraction of sp³-hybridized carbons (Fsp3) is 0.760. The second kappa shape index (κ2) is 13.3. The second-order valence-corrected chi connectivity index (χ2v) is 11.2. The molecular weight excluding hydrogens is 522 g/mol. The molecule has 4 saturated heterocycles. The largest absolute Gasteiger partial charge is 0.376 e. The maximum absolute atomic E-state index is 12.3. The predicted molar refractivity (Wildman–Crippen MR) is 149 cm³/mol. The van der Waals surface area contributed by atoms with Gasteiger partial charge in [0.05, 0.1) is 0 Å². The Labute approximate surface area is 234 Å². The molecule has 4 atom stereocenters. The van der Waals surface area contributed by atoms with Crippen molar-refractivity contribution in [1.82, 2.24) is 31.1 Å². The maximum Gasteiger partial charge on any atom is 0.245 e. The Morgan fingerprint density at radius 2 is 1.41 bits per heavy atom. The zero-order valence-corrected chi connectivity index (χ0v) is 23.1. The van der Waals surface area contributed by atoms with E-state index in [0.29, 0.717) is 51.0 Å². The first-order valence-electron chi connectivity index (χ1n) is 14.1. The van der Waals surface area contributed by atoms with E-state index in [4.69, 9.17) is 23.7 Å². The van der Waals surface area contributed by atoms with Crippen LogP contribution in [0.1, 0.15) is 64.2 Å². The molecule has 0 aromatic carbocycles. The summed E-state index contributed by atoms with van der Waals surface area (Å²) in [6, 6.07) is -0.742.